The lowest BCUT2D eigenvalue weighted by Crippen LogP contribution is -2.42. The highest BCUT2D eigenvalue weighted by atomic mass is 15.2. The van der Waals surface area contributed by atoms with Crippen LogP contribution in [0.15, 0.2) is 0 Å². The topological polar surface area (TPSA) is 15.3 Å². The first-order valence-corrected chi connectivity index (χ1v) is 7.21. The van der Waals surface area contributed by atoms with Gasteiger partial charge in [0.25, 0.3) is 0 Å². The fourth-order valence-corrected chi connectivity index (χ4v) is 3.30. The lowest BCUT2D eigenvalue weighted by atomic mass is 10.0. The van der Waals surface area contributed by atoms with E-state index in [1.165, 1.54) is 58.0 Å². The third kappa shape index (κ3) is 3.21. The second-order valence-corrected chi connectivity index (χ2v) is 5.91. The quantitative estimate of drug-likeness (QED) is 0.741. The minimum Gasteiger partial charge on any atom is -0.312 e. The summed E-state index contributed by atoms with van der Waals surface area (Å²) >= 11 is 0. The first-order valence-electron chi connectivity index (χ1n) is 7.21. The molecule has 0 aromatic rings. The van der Waals surface area contributed by atoms with Crippen LogP contribution in [0.2, 0.25) is 0 Å². The summed E-state index contributed by atoms with van der Waals surface area (Å²) in [6.07, 6.45) is 10.0. The van der Waals surface area contributed by atoms with Gasteiger partial charge in [-0.25, -0.2) is 0 Å². The van der Waals surface area contributed by atoms with Crippen molar-refractivity contribution >= 4 is 0 Å². The van der Waals surface area contributed by atoms with E-state index in [1.54, 1.807) is 0 Å². The van der Waals surface area contributed by atoms with Gasteiger partial charge in [-0.2, -0.15) is 0 Å². The molecule has 1 aliphatic carbocycles. The molecule has 1 saturated carbocycles. The molecule has 0 bridgehead atoms. The highest BCUT2D eigenvalue weighted by Crippen LogP contribution is 2.23. The molecule has 2 nitrogen and oxygen atoms in total. The van der Waals surface area contributed by atoms with Crippen molar-refractivity contribution in [2.24, 2.45) is 5.92 Å². The second-order valence-electron chi connectivity index (χ2n) is 5.91. The summed E-state index contributed by atoms with van der Waals surface area (Å²) in [5, 5.41) is 3.65. The smallest absolute Gasteiger partial charge is 0.0221 e. The molecule has 94 valence electrons. The highest BCUT2D eigenvalue weighted by molar-refractivity contribution is 4.85. The summed E-state index contributed by atoms with van der Waals surface area (Å²) < 4.78 is 0. The zero-order chi connectivity index (χ0) is 11.4. The minimum atomic E-state index is 0.744. The van der Waals surface area contributed by atoms with Gasteiger partial charge in [0.05, 0.1) is 0 Å². The van der Waals surface area contributed by atoms with E-state index in [0.717, 1.165) is 18.0 Å². The first-order chi connectivity index (χ1) is 7.77. The summed E-state index contributed by atoms with van der Waals surface area (Å²) in [6, 6.07) is 1.60. The zero-order valence-corrected chi connectivity index (χ0v) is 11.0. The van der Waals surface area contributed by atoms with E-state index in [1.807, 2.05) is 0 Å². The summed E-state index contributed by atoms with van der Waals surface area (Å²) in [4.78, 5) is 2.63. The van der Waals surface area contributed by atoms with E-state index in [9.17, 15) is 0 Å². The first kappa shape index (κ1) is 12.4. The van der Waals surface area contributed by atoms with Gasteiger partial charge in [0.2, 0.25) is 0 Å². The Bertz CT molecular complexity index is 197. The second kappa shape index (κ2) is 6.02. The Balaban J connectivity index is 1.79. The molecule has 1 heterocycles. The summed E-state index contributed by atoms with van der Waals surface area (Å²) in [7, 11) is 2.34. The molecule has 2 atom stereocenters. The Morgan fingerprint density at radius 2 is 1.75 bits per heavy atom. The summed E-state index contributed by atoms with van der Waals surface area (Å²) in [5.74, 6) is 0.869. The number of nitrogens with zero attached hydrogens (tertiary/aromatic N) is 1. The molecule has 1 aliphatic heterocycles. The molecule has 2 heteroatoms. The molecule has 2 unspecified atom stereocenters. The maximum atomic E-state index is 3.65. The van der Waals surface area contributed by atoms with Crippen LogP contribution in [0.25, 0.3) is 0 Å². The van der Waals surface area contributed by atoms with Crippen molar-refractivity contribution in [3.05, 3.63) is 0 Å². The van der Waals surface area contributed by atoms with Crippen molar-refractivity contribution in [1.82, 2.24) is 10.2 Å². The Morgan fingerprint density at radius 1 is 1.06 bits per heavy atom. The normalized spacial score (nSPS) is 33.2. The van der Waals surface area contributed by atoms with E-state index in [4.69, 9.17) is 0 Å². The van der Waals surface area contributed by atoms with Gasteiger partial charge in [-0.1, -0.05) is 32.6 Å². The molecule has 1 N–H and O–H groups in total. The molecule has 2 rings (SSSR count). The van der Waals surface area contributed by atoms with Gasteiger partial charge in [-0.15, -0.1) is 0 Å². The molecule has 0 amide bonds. The van der Waals surface area contributed by atoms with Crippen LogP contribution in [0.1, 0.15) is 51.9 Å². The van der Waals surface area contributed by atoms with Crippen molar-refractivity contribution in [3.63, 3.8) is 0 Å². The van der Waals surface area contributed by atoms with Crippen LogP contribution in [-0.4, -0.2) is 37.1 Å². The van der Waals surface area contributed by atoms with Crippen molar-refractivity contribution in [3.8, 4) is 0 Å². The Hall–Kier alpha value is -0.0800. The van der Waals surface area contributed by atoms with Gasteiger partial charge < -0.3 is 10.2 Å². The number of hydrogen-bond acceptors (Lipinski definition) is 2. The Kier molecular flexibility index (Phi) is 4.66. The lowest BCUT2D eigenvalue weighted by Gasteiger charge is -2.30. The molecule has 2 fully saturated rings. The van der Waals surface area contributed by atoms with Crippen molar-refractivity contribution in [2.75, 3.05) is 20.1 Å². The maximum Gasteiger partial charge on any atom is 0.0221 e. The largest absolute Gasteiger partial charge is 0.312 e. The van der Waals surface area contributed by atoms with Crippen LogP contribution in [0.5, 0.6) is 0 Å². The van der Waals surface area contributed by atoms with Gasteiger partial charge in [-0.3, -0.25) is 0 Å². The molecule has 0 radical (unpaired) electrons. The summed E-state index contributed by atoms with van der Waals surface area (Å²) in [6.45, 7) is 4.88. The number of hydrogen-bond donors (Lipinski definition) is 1. The predicted octanol–water partition coefficient (Wildman–Crippen LogP) is 2.64. The van der Waals surface area contributed by atoms with E-state index in [-0.39, 0.29) is 0 Å². The third-order valence-corrected chi connectivity index (χ3v) is 4.63. The van der Waals surface area contributed by atoms with E-state index in [0.29, 0.717) is 0 Å². The Morgan fingerprint density at radius 3 is 2.31 bits per heavy atom. The predicted molar refractivity (Wildman–Crippen MR) is 69.7 cm³/mol. The van der Waals surface area contributed by atoms with Crippen molar-refractivity contribution in [2.45, 2.75) is 64.0 Å². The molecule has 16 heavy (non-hydrogen) atoms. The molecule has 1 saturated heterocycles. The van der Waals surface area contributed by atoms with Gasteiger partial charge in [0.1, 0.15) is 0 Å². The average molecular weight is 224 g/mol. The van der Waals surface area contributed by atoms with Gasteiger partial charge >= 0.3 is 0 Å². The fourth-order valence-electron chi connectivity index (χ4n) is 3.30. The molecule has 2 aliphatic rings. The Labute approximate surface area is 101 Å². The van der Waals surface area contributed by atoms with Gasteiger partial charge in [-0.05, 0) is 38.8 Å². The standard InChI is InChI=1S/C14H28N2/c1-12-9-10-15-14(12)11-16(2)13-7-5-3-4-6-8-13/h12-15H,3-11H2,1-2H3. The SMILES string of the molecule is CC1CCNC1CN(C)C1CCCCCC1. The highest BCUT2D eigenvalue weighted by Gasteiger charge is 2.26. The van der Waals surface area contributed by atoms with E-state index >= 15 is 0 Å². The average Bonchev–Trinajstić information content (AvgIpc) is 2.57. The lowest BCUT2D eigenvalue weighted by molar-refractivity contribution is 0.193. The monoisotopic (exact) mass is 224 g/mol. The molecule has 0 aromatic heterocycles. The van der Waals surface area contributed by atoms with Crippen LogP contribution in [0.3, 0.4) is 0 Å². The molecule has 0 spiro atoms. The van der Waals surface area contributed by atoms with E-state index < -0.39 is 0 Å². The fraction of sp³-hybridized carbons (Fsp3) is 1.00. The number of rotatable bonds is 3. The zero-order valence-electron chi connectivity index (χ0n) is 11.0. The van der Waals surface area contributed by atoms with Crippen LogP contribution < -0.4 is 5.32 Å². The molecular weight excluding hydrogens is 196 g/mol. The van der Waals surface area contributed by atoms with E-state index in [2.05, 4.69) is 24.2 Å². The number of nitrogens with one attached hydrogen (secondary N) is 1. The van der Waals surface area contributed by atoms with Crippen molar-refractivity contribution in [1.29, 1.82) is 0 Å². The van der Waals surface area contributed by atoms with Crippen LogP contribution in [-0.2, 0) is 0 Å². The van der Waals surface area contributed by atoms with Crippen LogP contribution in [0.4, 0.5) is 0 Å². The minimum absolute atomic E-state index is 0.744. The van der Waals surface area contributed by atoms with Crippen molar-refractivity contribution < 1.29 is 0 Å². The van der Waals surface area contributed by atoms with Crippen LogP contribution >= 0.6 is 0 Å². The molecular formula is C14H28N2. The van der Waals surface area contributed by atoms with Crippen LogP contribution in [0, 0.1) is 5.92 Å². The maximum absolute atomic E-state index is 3.65. The number of likely N-dealkylation sites (N-methyl/N-ethyl adjacent to an activating group) is 1. The van der Waals surface area contributed by atoms with Gasteiger partial charge in [0, 0.05) is 18.6 Å². The molecule has 0 aromatic carbocycles. The third-order valence-electron chi connectivity index (χ3n) is 4.63. The van der Waals surface area contributed by atoms with Gasteiger partial charge in [0.15, 0.2) is 0 Å². The summed E-state index contributed by atoms with van der Waals surface area (Å²) in [5.41, 5.74) is 0.